The number of thioether (sulfide) groups is 1. The molecule has 0 saturated carbocycles. The molecule has 4 rings (SSSR count). The molecule has 0 fully saturated rings. The van der Waals surface area contributed by atoms with Gasteiger partial charge in [0, 0.05) is 15.8 Å². The Kier molecular flexibility index (Phi) is 5.25. The van der Waals surface area contributed by atoms with E-state index in [1.54, 1.807) is 0 Å². The highest BCUT2D eigenvalue weighted by atomic mass is 35.5. The summed E-state index contributed by atoms with van der Waals surface area (Å²) in [5.74, 6) is 6.69. The molecule has 0 saturated heterocycles. The summed E-state index contributed by atoms with van der Waals surface area (Å²) in [5.41, 5.74) is 1.80. The SMILES string of the molecule is Cc1ccccc1NC(=O)CSc1nnc(-c2sc3ccccc3c2Cl)n1N. The number of aryl methyl sites for hydroxylation is 1. The van der Waals surface area contributed by atoms with Gasteiger partial charge in [-0.1, -0.05) is 59.8 Å². The van der Waals surface area contributed by atoms with E-state index in [9.17, 15) is 4.79 Å². The fourth-order valence-electron chi connectivity index (χ4n) is 2.72. The van der Waals surface area contributed by atoms with E-state index in [0.717, 1.165) is 26.2 Å². The Balaban J connectivity index is 1.50. The molecule has 142 valence electrons. The van der Waals surface area contributed by atoms with Gasteiger partial charge in [0.15, 0.2) is 5.82 Å². The number of nitrogens with zero attached hydrogens (tertiary/aromatic N) is 3. The smallest absolute Gasteiger partial charge is 0.234 e. The van der Waals surface area contributed by atoms with Crippen molar-refractivity contribution in [2.45, 2.75) is 12.1 Å². The van der Waals surface area contributed by atoms with Gasteiger partial charge in [0.1, 0.15) is 0 Å². The van der Waals surface area contributed by atoms with E-state index >= 15 is 0 Å². The molecule has 0 radical (unpaired) electrons. The Morgan fingerprint density at radius 1 is 1.21 bits per heavy atom. The van der Waals surface area contributed by atoms with Crippen molar-refractivity contribution in [2.75, 3.05) is 16.9 Å². The molecule has 0 atom stereocenters. The predicted octanol–water partition coefficient (Wildman–Crippen LogP) is 4.57. The lowest BCUT2D eigenvalue weighted by Crippen LogP contribution is -2.16. The van der Waals surface area contributed by atoms with Crippen LogP contribution in [0.4, 0.5) is 5.69 Å². The van der Waals surface area contributed by atoms with Gasteiger partial charge in [-0.05, 0) is 24.6 Å². The van der Waals surface area contributed by atoms with Gasteiger partial charge in [-0.25, -0.2) is 4.68 Å². The van der Waals surface area contributed by atoms with Gasteiger partial charge in [-0.2, -0.15) is 0 Å². The molecule has 0 aliphatic carbocycles. The van der Waals surface area contributed by atoms with Crippen LogP contribution in [0.25, 0.3) is 20.8 Å². The molecular formula is C19H16ClN5OS2. The third-order valence-corrected chi connectivity index (χ3v) is 6.77. The summed E-state index contributed by atoms with van der Waals surface area (Å²) in [6.07, 6.45) is 0. The second kappa shape index (κ2) is 7.83. The van der Waals surface area contributed by atoms with E-state index < -0.39 is 0 Å². The molecule has 0 unspecified atom stereocenters. The van der Waals surface area contributed by atoms with Crippen LogP contribution in [0.2, 0.25) is 5.02 Å². The van der Waals surface area contributed by atoms with Crippen LogP contribution in [0.15, 0.2) is 53.7 Å². The van der Waals surface area contributed by atoms with Crippen molar-refractivity contribution in [3.63, 3.8) is 0 Å². The van der Waals surface area contributed by atoms with Crippen molar-refractivity contribution in [3.8, 4) is 10.7 Å². The monoisotopic (exact) mass is 429 g/mol. The van der Waals surface area contributed by atoms with Gasteiger partial charge in [-0.15, -0.1) is 21.5 Å². The summed E-state index contributed by atoms with van der Waals surface area (Å²) in [6, 6.07) is 15.5. The largest absolute Gasteiger partial charge is 0.335 e. The number of benzene rings is 2. The summed E-state index contributed by atoms with van der Waals surface area (Å²) in [7, 11) is 0. The molecule has 1 amide bonds. The number of hydrogen-bond donors (Lipinski definition) is 2. The molecular weight excluding hydrogens is 414 g/mol. The summed E-state index contributed by atoms with van der Waals surface area (Å²) in [4.78, 5) is 13.0. The first kappa shape index (κ1) is 18.8. The number of carbonyl (C=O) groups excluding carboxylic acids is 1. The lowest BCUT2D eigenvalue weighted by atomic mass is 10.2. The standard InChI is InChI=1S/C19H16ClN5OS2/c1-11-6-2-4-8-13(11)22-15(26)10-27-19-24-23-18(25(19)21)17-16(20)12-7-3-5-9-14(12)28-17/h2-9H,10,21H2,1H3,(H,22,26). The second-order valence-electron chi connectivity index (χ2n) is 6.07. The van der Waals surface area contributed by atoms with Gasteiger partial charge in [-0.3, -0.25) is 4.79 Å². The molecule has 2 aromatic heterocycles. The van der Waals surface area contributed by atoms with Crippen LogP contribution in [-0.2, 0) is 4.79 Å². The van der Waals surface area contributed by atoms with Crippen molar-refractivity contribution < 1.29 is 4.79 Å². The molecule has 0 aliphatic rings. The van der Waals surface area contributed by atoms with Crippen molar-refractivity contribution in [2.24, 2.45) is 0 Å². The van der Waals surface area contributed by atoms with E-state index in [2.05, 4.69) is 15.5 Å². The fraction of sp³-hybridized carbons (Fsp3) is 0.105. The third kappa shape index (κ3) is 3.58. The minimum absolute atomic E-state index is 0.135. The van der Waals surface area contributed by atoms with Crippen LogP contribution in [0, 0.1) is 6.92 Å². The highest BCUT2D eigenvalue weighted by Crippen LogP contribution is 2.41. The number of carbonyl (C=O) groups is 1. The van der Waals surface area contributed by atoms with Crippen LogP contribution in [0.5, 0.6) is 0 Å². The first-order valence-corrected chi connectivity index (χ1v) is 10.6. The number of nitrogens with two attached hydrogens (primary N) is 1. The Bertz CT molecular complexity index is 1170. The normalized spacial score (nSPS) is 11.1. The van der Waals surface area contributed by atoms with E-state index in [0.29, 0.717) is 16.0 Å². The van der Waals surface area contributed by atoms with Crippen LogP contribution in [0.3, 0.4) is 0 Å². The lowest BCUT2D eigenvalue weighted by molar-refractivity contribution is -0.113. The topological polar surface area (TPSA) is 85.8 Å². The minimum atomic E-state index is -0.135. The number of aromatic nitrogens is 3. The van der Waals surface area contributed by atoms with Crippen LogP contribution >= 0.6 is 34.7 Å². The van der Waals surface area contributed by atoms with E-state index in [4.69, 9.17) is 17.4 Å². The average molecular weight is 430 g/mol. The molecule has 4 aromatic rings. The highest BCUT2D eigenvalue weighted by molar-refractivity contribution is 7.99. The fourth-order valence-corrected chi connectivity index (χ4v) is 4.87. The zero-order valence-electron chi connectivity index (χ0n) is 14.8. The first-order chi connectivity index (χ1) is 13.5. The highest BCUT2D eigenvalue weighted by Gasteiger charge is 2.20. The van der Waals surface area contributed by atoms with Gasteiger partial charge in [0.25, 0.3) is 0 Å². The number of thiophene rings is 1. The Hall–Kier alpha value is -2.55. The number of hydrogen-bond acceptors (Lipinski definition) is 6. The second-order valence-corrected chi connectivity index (χ2v) is 8.44. The minimum Gasteiger partial charge on any atom is -0.335 e. The Morgan fingerprint density at radius 2 is 1.96 bits per heavy atom. The number of rotatable bonds is 5. The molecule has 28 heavy (non-hydrogen) atoms. The Labute approximate surface area is 174 Å². The maximum absolute atomic E-state index is 12.2. The molecule has 0 spiro atoms. The number of fused-ring (bicyclic) bond motifs is 1. The van der Waals surface area contributed by atoms with Crippen molar-refractivity contribution in [3.05, 3.63) is 59.1 Å². The van der Waals surface area contributed by atoms with Crippen LogP contribution in [-0.4, -0.2) is 26.5 Å². The van der Waals surface area contributed by atoms with Crippen molar-refractivity contribution in [1.82, 2.24) is 14.9 Å². The van der Waals surface area contributed by atoms with Crippen LogP contribution < -0.4 is 11.2 Å². The van der Waals surface area contributed by atoms with Crippen molar-refractivity contribution in [1.29, 1.82) is 0 Å². The number of anilines is 1. The van der Waals surface area contributed by atoms with Gasteiger partial charge < -0.3 is 11.2 Å². The zero-order valence-corrected chi connectivity index (χ0v) is 17.2. The number of halogens is 1. The van der Waals surface area contributed by atoms with Crippen molar-refractivity contribution >= 4 is 56.4 Å². The van der Waals surface area contributed by atoms with E-state index in [-0.39, 0.29) is 11.7 Å². The molecule has 2 aromatic carbocycles. The third-order valence-electron chi connectivity index (χ3n) is 4.15. The summed E-state index contributed by atoms with van der Waals surface area (Å²) in [6.45, 7) is 1.94. The number of amides is 1. The number of nitrogen functional groups attached to an aromatic ring is 1. The summed E-state index contributed by atoms with van der Waals surface area (Å²) in [5, 5.41) is 13.2. The molecule has 9 heteroatoms. The zero-order chi connectivity index (χ0) is 19.7. The van der Waals surface area contributed by atoms with E-state index in [1.807, 2.05) is 55.5 Å². The molecule has 0 aliphatic heterocycles. The van der Waals surface area contributed by atoms with Gasteiger partial charge in [0.05, 0.1) is 15.7 Å². The maximum Gasteiger partial charge on any atom is 0.234 e. The summed E-state index contributed by atoms with van der Waals surface area (Å²) >= 11 is 9.24. The predicted molar refractivity (Wildman–Crippen MR) is 117 cm³/mol. The quantitative estimate of drug-likeness (QED) is 0.358. The van der Waals surface area contributed by atoms with Gasteiger partial charge >= 0.3 is 0 Å². The molecule has 2 heterocycles. The average Bonchev–Trinajstić information content (AvgIpc) is 3.22. The maximum atomic E-state index is 12.2. The molecule has 0 bridgehead atoms. The Morgan fingerprint density at radius 3 is 2.75 bits per heavy atom. The molecule has 6 nitrogen and oxygen atoms in total. The van der Waals surface area contributed by atoms with Crippen LogP contribution in [0.1, 0.15) is 5.56 Å². The summed E-state index contributed by atoms with van der Waals surface area (Å²) < 4.78 is 2.43. The number of nitrogens with one attached hydrogen (secondary N) is 1. The first-order valence-electron chi connectivity index (χ1n) is 8.41. The van der Waals surface area contributed by atoms with Gasteiger partial charge in [0.2, 0.25) is 11.1 Å². The van der Waals surface area contributed by atoms with E-state index in [1.165, 1.54) is 27.8 Å². The molecule has 3 N–H and O–H groups in total. The number of para-hydroxylation sites is 1. The lowest BCUT2D eigenvalue weighted by Gasteiger charge is -2.07.